The predicted octanol–water partition coefficient (Wildman–Crippen LogP) is 6.21. The van der Waals surface area contributed by atoms with Crippen molar-refractivity contribution in [2.75, 3.05) is 11.5 Å². The topological polar surface area (TPSA) is 70.5 Å². The molecule has 0 aliphatic heterocycles. The Morgan fingerprint density at radius 3 is 1.93 bits per heavy atom. The molecule has 140 valence electrons. The highest BCUT2D eigenvalue weighted by molar-refractivity contribution is 5.90. The summed E-state index contributed by atoms with van der Waals surface area (Å²) >= 11 is 0. The Labute approximate surface area is 164 Å². The van der Waals surface area contributed by atoms with Crippen molar-refractivity contribution in [1.82, 2.24) is 0 Å². The summed E-state index contributed by atoms with van der Waals surface area (Å²) in [5, 5.41) is 2.18. The molecular formula is C24H22N2O2. The van der Waals surface area contributed by atoms with Gasteiger partial charge in [-0.15, -0.1) is 0 Å². The van der Waals surface area contributed by atoms with Crippen LogP contribution in [0.3, 0.4) is 0 Å². The van der Waals surface area contributed by atoms with Crippen LogP contribution in [0.5, 0.6) is 23.0 Å². The van der Waals surface area contributed by atoms with Crippen LogP contribution >= 0.6 is 0 Å². The lowest BCUT2D eigenvalue weighted by Crippen LogP contribution is -1.96. The van der Waals surface area contributed by atoms with Gasteiger partial charge >= 0.3 is 0 Å². The molecule has 4 rings (SSSR count). The number of hydrogen-bond acceptors (Lipinski definition) is 4. The lowest BCUT2D eigenvalue weighted by atomic mass is 10.0. The molecule has 4 aromatic carbocycles. The van der Waals surface area contributed by atoms with Crippen molar-refractivity contribution in [1.29, 1.82) is 0 Å². The molecule has 4 heteroatoms. The van der Waals surface area contributed by atoms with Crippen molar-refractivity contribution in [2.45, 2.75) is 13.8 Å². The maximum Gasteiger partial charge on any atom is 0.150 e. The van der Waals surface area contributed by atoms with Crippen LogP contribution in [0.15, 0.2) is 72.8 Å². The second-order valence-corrected chi connectivity index (χ2v) is 6.81. The Morgan fingerprint density at radius 1 is 0.679 bits per heavy atom. The second kappa shape index (κ2) is 7.16. The van der Waals surface area contributed by atoms with Gasteiger partial charge in [0.05, 0.1) is 11.4 Å². The molecule has 0 aromatic heterocycles. The van der Waals surface area contributed by atoms with Gasteiger partial charge in [0.2, 0.25) is 0 Å². The number of rotatable bonds is 4. The zero-order valence-corrected chi connectivity index (χ0v) is 15.9. The number of anilines is 2. The van der Waals surface area contributed by atoms with Crippen molar-refractivity contribution < 1.29 is 9.47 Å². The smallest absolute Gasteiger partial charge is 0.150 e. The summed E-state index contributed by atoms with van der Waals surface area (Å²) in [6, 6.07) is 23.1. The van der Waals surface area contributed by atoms with E-state index in [0.717, 1.165) is 33.4 Å². The van der Waals surface area contributed by atoms with E-state index in [0.29, 0.717) is 22.9 Å². The molecular weight excluding hydrogens is 348 g/mol. The molecule has 0 heterocycles. The number of para-hydroxylation sites is 4. The Balaban J connectivity index is 1.76. The lowest BCUT2D eigenvalue weighted by Gasteiger charge is -2.16. The number of fused-ring (bicyclic) bond motifs is 1. The maximum atomic E-state index is 6.17. The number of nitrogen functional groups attached to an aromatic ring is 2. The molecule has 0 aliphatic rings. The van der Waals surface area contributed by atoms with E-state index in [2.05, 4.69) is 6.07 Å². The van der Waals surface area contributed by atoms with Gasteiger partial charge < -0.3 is 20.9 Å². The van der Waals surface area contributed by atoms with Gasteiger partial charge in [-0.2, -0.15) is 0 Å². The molecule has 0 aliphatic carbocycles. The monoisotopic (exact) mass is 370 g/mol. The molecule has 4 N–H and O–H groups in total. The molecule has 0 saturated carbocycles. The Bertz CT molecular complexity index is 1170. The molecule has 4 nitrogen and oxygen atoms in total. The summed E-state index contributed by atoms with van der Waals surface area (Å²) in [5.41, 5.74) is 15.3. The SMILES string of the molecule is Cc1cc2ccc(Oc3ccccc3N)cc2c(C)c1Oc1ccccc1N. The van der Waals surface area contributed by atoms with E-state index in [4.69, 9.17) is 20.9 Å². The second-order valence-electron chi connectivity index (χ2n) is 6.81. The highest BCUT2D eigenvalue weighted by atomic mass is 16.5. The van der Waals surface area contributed by atoms with Crippen molar-refractivity contribution in [3.8, 4) is 23.0 Å². The standard InChI is InChI=1S/C24H22N2O2/c1-15-13-17-11-12-18(27-22-9-5-3-7-20(22)25)14-19(17)16(2)24(15)28-23-10-6-4-8-21(23)26/h3-14H,25-26H2,1-2H3. The quantitative estimate of drug-likeness (QED) is 0.419. The van der Waals surface area contributed by atoms with E-state index in [-0.39, 0.29) is 0 Å². The van der Waals surface area contributed by atoms with Crippen LogP contribution in [0, 0.1) is 13.8 Å². The average molecular weight is 370 g/mol. The fraction of sp³-hybridized carbons (Fsp3) is 0.0833. The Morgan fingerprint density at radius 2 is 1.29 bits per heavy atom. The first-order valence-electron chi connectivity index (χ1n) is 9.11. The zero-order chi connectivity index (χ0) is 19.7. The summed E-state index contributed by atoms with van der Waals surface area (Å²) in [6.07, 6.45) is 0. The van der Waals surface area contributed by atoms with Crippen LogP contribution in [-0.4, -0.2) is 0 Å². The summed E-state index contributed by atoms with van der Waals surface area (Å²) in [7, 11) is 0. The third-order valence-electron chi connectivity index (χ3n) is 4.78. The van der Waals surface area contributed by atoms with Crippen LogP contribution in [0.4, 0.5) is 11.4 Å². The van der Waals surface area contributed by atoms with E-state index in [9.17, 15) is 0 Å². The van der Waals surface area contributed by atoms with Gasteiger partial charge in [-0.1, -0.05) is 30.3 Å². The normalized spacial score (nSPS) is 10.8. The van der Waals surface area contributed by atoms with Crippen LogP contribution in [0.2, 0.25) is 0 Å². The number of hydrogen-bond donors (Lipinski definition) is 2. The molecule has 0 spiro atoms. The van der Waals surface area contributed by atoms with Crippen LogP contribution in [0.1, 0.15) is 11.1 Å². The average Bonchev–Trinajstić information content (AvgIpc) is 2.69. The molecule has 0 unspecified atom stereocenters. The number of aryl methyl sites for hydroxylation is 2. The van der Waals surface area contributed by atoms with E-state index < -0.39 is 0 Å². The molecule has 0 amide bonds. The van der Waals surface area contributed by atoms with Gasteiger partial charge in [0, 0.05) is 0 Å². The molecule has 0 saturated heterocycles. The molecule has 0 bridgehead atoms. The largest absolute Gasteiger partial charge is 0.455 e. The van der Waals surface area contributed by atoms with E-state index in [1.807, 2.05) is 80.6 Å². The van der Waals surface area contributed by atoms with Crippen LogP contribution in [0.25, 0.3) is 10.8 Å². The maximum absolute atomic E-state index is 6.17. The number of ether oxygens (including phenoxy) is 2. The van der Waals surface area contributed by atoms with Gasteiger partial charge in [0.1, 0.15) is 23.0 Å². The van der Waals surface area contributed by atoms with E-state index in [1.54, 1.807) is 0 Å². The molecule has 0 atom stereocenters. The van der Waals surface area contributed by atoms with E-state index in [1.165, 1.54) is 0 Å². The minimum absolute atomic E-state index is 0.604. The van der Waals surface area contributed by atoms with Crippen LogP contribution in [-0.2, 0) is 0 Å². The van der Waals surface area contributed by atoms with Crippen LogP contribution < -0.4 is 20.9 Å². The summed E-state index contributed by atoms with van der Waals surface area (Å²) in [4.78, 5) is 0. The molecule has 4 aromatic rings. The van der Waals surface area contributed by atoms with Crippen molar-refractivity contribution in [3.63, 3.8) is 0 Å². The third kappa shape index (κ3) is 3.32. The van der Waals surface area contributed by atoms with Crippen molar-refractivity contribution in [3.05, 3.63) is 83.9 Å². The van der Waals surface area contributed by atoms with Gasteiger partial charge in [-0.25, -0.2) is 0 Å². The molecule has 0 radical (unpaired) electrons. The van der Waals surface area contributed by atoms with Gasteiger partial charge in [-0.05, 0) is 78.2 Å². The Hall–Kier alpha value is -3.66. The zero-order valence-electron chi connectivity index (χ0n) is 15.9. The third-order valence-corrected chi connectivity index (χ3v) is 4.78. The first-order valence-corrected chi connectivity index (χ1v) is 9.11. The van der Waals surface area contributed by atoms with Gasteiger partial charge in [0.25, 0.3) is 0 Å². The Kier molecular flexibility index (Phi) is 4.53. The predicted molar refractivity (Wildman–Crippen MR) is 115 cm³/mol. The first kappa shape index (κ1) is 17.7. The van der Waals surface area contributed by atoms with E-state index >= 15 is 0 Å². The van der Waals surface area contributed by atoms with Gasteiger partial charge in [-0.3, -0.25) is 0 Å². The fourth-order valence-electron chi connectivity index (χ4n) is 3.31. The minimum atomic E-state index is 0.604. The number of benzene rings is 4. The summed E-state index contributed by atoms with van der Waals surface area (Å²) in [5.74, 6) is 2.82. The molecule has 0 fully saturated rings. The van der Waals surface area contributed by atoms with Crippen molar-refractivity contribution >= 4 is 22.1 Å². The van der Waals surface area contributed by atoms with Gasteiger partial charge in [0.15, 0.2) is 0 Å². The summed E-state index contributed by atoms with van der Waals surface area (Å²) in [6.45, 7) is 4.08. The minimum Gasteiger partial charge on any atom is -0.455 e. The molecule has 28 heavy (non-hydrogen) atoms. The highest BCUT2D eigenvalue weighted by Crippen LogP contribution is 2.38. The highest BCUT2D eigenvalue weighted by Gasteiger charge is 2.13. The van der Waals surface area contributed by atoms with Crippen molar-refractivity contribution in [2.24, 2.45) is 0 Å². The summed E-state index contributed by atoms with van der Waals surface area (Å²) < 4.78 is 12.2. The first-order chi connectivity index (χ1) is 13.5. The lowest BCUT2D eigenvalue weighted by molar-refractivity contribution is 0.478. The number of nitrogens with two attached hydrogens (primary N) is 2. The fourth-order valence-corrected chi connectivity index (χ4v) is 3.31.